The van der Waals surface area contributed by atoms with Crippen molar-refractivity contribution in [2.24, 2.45) is 5.92 Å². The van der Waals surface area contributed by atoms with Gasteiger partial charge in [-0.15, -0.1) is 0 Å². The van der Waals surface area contributed by atoms with Crippen LogP contribution in [0.3, 0.4) is 0 Å². The molecule has 27 heavy (non-hydrogen) atoms. The molecule has 6 heteroatoms. The Morgan fingerprint density at radius 3 is 2.56 bits per heavy atom. The molecule has 1 unspecified atom stereocenters. The van der Waals surface area contributed by atoms with Crippen LogP contribution in [0.15, 0.2) is 18.2 Å². The third-order valence-corrected chi connectivity index (χ3v) is 5.51. The Balaban J connectivity index is 1.62. The molecule has 0 radical (unpaired) electrons. The quantitative estimate of drug-likeness (QED) is 0.856. The first-order chi connectivity index (χ1) is 12.6. The monoisotopic (exact) mass is 372 g/mol. The fourth-order valence-electron chi connectivity index (χ4n) is 4.77. The van der Waals surface area contributed by atoms with Crippen molar-refractivity contribution in [2.75, 3.05) is 18.0 Å². The molecule has 0 aromatic heterocycles. The zero-order valence-corrected chi connectivity index (χ0v) is 16.6. The van der Waals surface area contributed by atoms with Crippen LogP contribution >= 0.6 is 0 Å². The number of nitrogens with one attached hydrogen (secondary N) is 2. The molecular weight excluding hydrogens is 343 g/mol. The zero-order chi connectivity index (χ0) is 19.8. The van der Waals surface area contributed by atoms with Gasteiger partial charge in [0.25, 0.3) is 0 Å². The molecule has 2 N–H and O–H groups in total. The molecule has 1 aromatic rings. The van der Waals surface area contributed by atoms with Crippen LogP contribution in [0.25, 0.3) is 0 Å². The number of carbonyl (C=O) groups is 1. The molecular formula is C21H29FN4O. The number of anilines is 1. The Hall–Kier alpha value is -2.13. The number of carbonyl (C=O) groups excluding carboxylic acids is 1. The normalized spacial score (nSPS) is 24.4. The molecule has 0 spiro atoms. The minimum absolute atomic E-state index is 0.0208. The second kappa shape index (κ2) is 7.12. The summed E-state index contributed by atoms with van der Waals surface area (Å²) in [6, 6.07) is 6.59. The van der Waals surface area contributed by atoms with Crippen LogP contribution < -0.4 is 15.5 Å². The Morgan fingerprint density at radius 2 is 1.96 bits per heavy atom. The average Bonchev–Trinajstić information content (AvgIpc) is 3.01. The molecule has 0 bridgehead atoms. The van der Waals surface area contributed by atoms with E-state index < -0.39 is 5.82 Å². The SMILES string of the molecule is CC1(C)CC(NC(=O)C2CCN(c3ccc(C#N)cc3F)C2)CC(C)(C)N1. The van der Waals surface area contributed by atoms with Crippen LogP contribution in [0.5, 0.6) is 0 Å². The van der Waals surface area contributed by atoms with Crippen molar-refractivity contribution >= 4 is 11.6 Å². The van der Waals surface area contributed by atoms with E-state index in [0.29, 0.717) is 30.8 Å². The van der Waals surface area contributed by atoms with Gasteiger partial charge >= 0.3 is 0 Å². The topological polar surface area (TPSA) is 68.2 Å². The van der Waals surface area contributed by atoms with Crippen LogP contribution in [-0.2, 0) is 4.79 Å². The molecule has 2 aliphatic rings. The van der Waals surface area contributed by atoms with Gasteiger partial charge in [-0.05, 0) is 65.2 Å². The number of halogens is 1. The third-order valence-electron chi connectivity index (χ3n) is 5.51. The van der Waals surface area contributed by atoms with Crippen molar-refractivity contribution in [3.05, 3.63) is 29.6 Å². The van der Waals surface area contributed by atoms with Gasteiger partial charge in [0.15, 0.2) is 0 Å². The van der Waals surface area contributed by atoms with Crippen molar-refractivity contribution in [1.29, 1.82) is 5.26 Å². The maximum atomic E-state index is 14.3. The van der Waals surface area contributed by atoms with Gasteiger partial charge in [0.05, 0.1) is 23.2 Å². The second-order valence-corrected chi connectivity index (χ2v) is 9.22. The van der Waals surface area contributed by atoms with Gasteiger partial charge in [-0.3, -0.25) is 4.79 Å². The number of hydrogen-bond acceptors (Lipinski definition) is 4. The largest absolute Gasteiger partial charge is 0.368 e. The third kappa shape index (κ3) is 4.59. The van der Waals surface area contributed by atoms with E-state index in [9.17, 15) is 9.18 Å². The van der Waals surface area contributed by atoms with Gasteiger partial charge in [-0.25, -0.2) is 4.39 Å². The smallest absolute Gasteiger partial charge is 0.225 e. The first kappa shape index (κ1) is 19.6. The van der Waals surface area contributed by atoms with Gasteiger partial charge in [-0.2, -0.15) is 5.26 Å². The summed E-state index contributed by atoms with van der Waals surface area (Å²) in [6.07, 6.45) is 2.49. The lowest BCUT2D eigenvalue weighted by Crippen LogP contribution is -2.62. The van der Waals surface area contributed by atoms with Crippen LogP contribution in [0, 0.1) is 23.1 Å². The van der Waals surface area contributed by atoms with E-state index in [1.54, 1.807) is 12.1 Å². The Kier molecular flexibility index (Phi) is 5.18. The summed E-state index contributed by atoms with van der Waals surface area (Å²) in [5, 5.41) is 15.7. The van der Waals surface area contributed by atoms with Crippen LogP contribution in [0.2, 0.25) is 0 Å². The molecule has 2 fully saturated rings. The number of nitriles is 1. The predicted octanol–water partition coefficient (Wildman–Crippen LogP) is 2.95. The van der Waals surface area contributed by atoms with Crippen molar-refractivity contribution < 1.29 is 9.18 Å². The highest BCUT2D eigenvalue weighted by Gasteiger charge is 2.39. The lowest BCUT2D eigenvalue weighted by Gasteiger charge is -2.46. The molecule has 2 heterocycles. The molecule has 3 rings (SSSR count). The highest BCUT2D eigenvalue weighted by Crippen LogP contribution is 2.30. The van der Waals surface area contributed by atoms with Crippen LogP contribution in [0.4, 0.5) is 10.1 Å². The number of nitrogens with zero attached hydrogens (tertiary/aromatic N) is 2. The van der Waals surface area contributed by atoms with Crippen molar-refractivity contribution in [3.63, 3.8) is 0 Å². The lowest BCUT2D eigenvalue weighted by atomic mass is 9.79. The summed E-state index contributed by atoms with van der Waals surface area (Å²) in [5.74, 6) is -0.483. The van der Waals surface area contributed by atoms with Crippen molar-refractivity contribution in [1.82, 2.24) is 10.6 Å². The Labute approximate surface area is 160 Å². The first-order valence-corrected chi connectivity index (χ1v) is 9.63. The molecule has 0 saturated carbocycles. The van der Waals surface area contributed by atoms with E-state index >= 15 is 0 Å². The van der Waals surface area contributed by atoms with E-state index in [1.807, 2.05) is 11.0 Å². The van der Waals surface area contributed by atoms with E-state index in [1.165, 1.54) is 6.07 Å². The number of hydrogen-bond donors (Lipinski definition) is 2. The van der Waals surface area contributed by atoms with Crippen molar-refractivity contribution in [3.8, 4) is 6.07 Å². The number of piperidine rings is 1. The standard InChI is InChI=1S/C21H29FN4O/c1-20(2)10-16(11-21(3,4)25-20)24-19(27)15-7-8-26(13-15)18-6-5-14(12-23)9-17(18)22/h5-6,9,15-16,25H,7-8,10-11,13H2,1-4H3,(H,24,27). The lowest BCUT2D eigenvalue weighted by molar-refractivity contribution is -0.125. The molecule has 1 amide bonds. The average molecular weight is 372 g/mol. The summed E-state index contributed by atoms with van der Waals surface area (Å²) in [7, 11) is 0. The summed E-state index contributed by atoms with van der Waals surface area (Å²) in [4.78, 5) is 14.7. The van der Waals surface area contributed by atoms with Crippen LogP contribution in [0.1, 0.15) is 52.5 Å². The fraction of sp³-hybridized carbons (Fsp3) is 0.619. The highest BCUT2D eigenvalue weighted by atomic mass is 19.1. The predicted molar refractivity (Wildman–Crippen MR) is 104 cm³/mol. The maximum Gasteiger partial charge on any atom is 0.225 e. The molecule has 2 aliphatic heterocycles. The highest BCUT2D eigenvalue weighted by molar-refractivity contribution is 5.80. The minimum atomic E-state index is -0.406. The molecule has 146 valence electrons. The summed E-state index contributed by atoms with van der Waals surface area (Å²) in [5.41, 5.74) is 0.731. The molecule has 0 aliphatic carbocycles. The number of rotatable bonds is 3. The van der Waals surface area contributed by atoms with Crippen LogP contribution in [-0.4, -0.2) is 36.1 Å². The zero-order valence-electron chi connectivity index (χ0n) is 16.6. The minimum Gasteiger partial charge on any atom is -0.368 e. The Bertz CT molecular complexity index is 752. The van der Waals surface area contributed by atoms with E-state index in [-0.39, 0.29) is 28.9 Å². The van der Waals surface area contributed by atoms with Gasteiger partial charge < -0.3 is 15.5 Å². The van der Waals surface area contributed by atoms with E-state index in [4.69, 9.17) is 5.26 Å². The summed E-state index contributed by atoms with van der Waals surface area (Å²) in [6.45, 7) is 9.81. The first-order valence-electron chi connectivity index (χ1n) is 9.63. The fourth-order valence-corrected chi connectivity index (χ4v) is 4.77. The van der Waals surface area contributed by atoms with E-state index in [0.717, 1.165) is 12.8 Å². The Morgan fingerprint density at radius 1 is 1.30 bits per heavy atom. The molecule has 2 saturated heterocycles. The van der Waals surface area contributed by atoms with Gasteiger partial charge in [0.1, 0.15) is 5.82 Å². The summed E-state index contributed by atoms with van der Waals surface area (Å²) < 4.78 is 14.3. The molecule has 1 atom stereocenters. The van der Waals surface area contributed by atoms with Crippen molar-refractivity contribution in [2.45, 2.75) is 64.1 Å². The number of amides is 1. The number of benzene rings is 1. The van der Waals surface area contributed by atoms with Gasteiger partial charge in [0.2, 0.25) is 5.91 Å². The summed E-state index contributed by atoms with van der Waals surface area (Å²) >= 11 is 0. The van der Waals surface area contributed by atoms with Gasteiger partial charge in [-0.1, -0.05) is 0 Å². The van der Waals surface area contributed by atoms with E-state index in [2.05, 4.69) is 38.3 Å². The second-order valence-electron chi connectivity index (χ2n) is 9.22. The maximum absolute atomic E-state index is 14.3. The van der Waals surface area contributed by atoms with Gasteiger partial charge in [0, 0.05) is 30.2 Å². The molecule has 1 aromatic carbocycles. The molecule has 5 nitrogen and oxygen atoms in total.